The van der Waals surface area contributed by atoms with Crippen LogP contribution in [0.15, 0.2) is 60.7 Å². The number of rotatable bonds is 7. The number of hydrogen-bond donors (Lipinski definition) is 1. The third-order valence-electron chi connectivity index (χ3n) is 6.61. The van der Waals surface area contributed by atoms with Crippen LogP contribution in [0.4, 0.5) is 13.2 Å². The largest absolute Gasteiger partial charge is 0.508 e. The first-order valence-electron chi connectivity index (χ1n) is 11.6. The minimum Gasteiger partial charge on any atom is -0.508 e. The molecule has 5 rings (SSSR count). The smallest absolute Gasteiger partial charge is 0.150 e. The summed E-state index contributed by atoms with van der Waals surface area (Å²) in [6.07, 6.45) is -0.639. The number of nitrogens with zero attached hydrogens (tertiary/aromatic N) is 1. The summed E-state index contributed by atoms with van der Waals surface area (Å²) in [5.41, 5.74) is 2.97. The van der Waals surface area contributed by atoms with E-state index in [0.29, 0.717) is 29.2 Å². The van der Waals surface area contributed by atoms with Gasteiger partial charge in [-0.15, -0.1) is 0 Å². The Labute approximate surface area is 202 Å². The molecular formula is C28H26F3NO3. The van der Waals surface area contributed by atoms with Crippen LogP contribution in [0.25, 0.3) is 11.1 Å². The number of benzene rings is 3. The number of phenolic OH excluding ortho intramolecular Hbond substituents is 1. The Hall–Kier alpha value is -3.45. The summed E-state index contributed by atoms with van der Waals surface area (Å²) in [7, 11) is 0. The Kier molecular flexibility index (Phi) is 6.43. The maximum Gasteiger partial charge on any atom is 0.150 e. The second kappa shape index (κ2) is 9.66. The normalized spacial score (nSPS) is 18.1. The molecule has 182 valence electrons. The molecule has 1 atom stereocenters. The standard InChI is InChI=1S/C28H26F3NO3/c1-17-24-13-21(33)5-9-26(24)35-28(27(17)23-8-4-20(30)12-25(23)31)19-2-6-22(7-3-19)34-11-10-32-15-18(14-29)16-32/h2-9,12-13,18,28,33H,10-11,14-16H2,1H3/t28-/m1/s1. The van der Waals surface area contributed by atoms with Gasteiger partial charge in [0.25, 0.3) is 0 Å². The Morgan fingerprint density at radius 1 is 1.00 bits per heavy atom. The number of ether oxygens (including phenoxy) is 2. The number of hydrogen-bond acceptors (Lipinski definition) is 4. The molecule has 4 nitrogen and oxygen atoms in total. The number of likely N-dealkylation sites (tertiary alicyclic amines) is 1. The molecule has 1 fully saturated rings. The Morgan fingerprint density at radius 2 is 1.77 bits per heavy atom. The number of alkyl halides is 1. The van der Waals surface area contributed by atoms with Crippen molar-refractivity contribution < 1.29 is 27.8 Å². The maximum atomic E-state index is 14.9. The summed E-state index contributed by atoms with van der Waals surface area (Å²) in [4.78, 5) is 2.15. The molecule has 1 saturated heterocycles. The molecule has 2 aliphatic rings. The fourth-order valence-corrected chi connectivity index (χ4v) is 4.72. The molecule has 3 aromatic carbocycles. The Balaban J connectivity index is 1.40. The lowest BCUT2D eigenvalue weighted by atomic mass is 9.86. The highest BCUT2D eigenvalue weighted by Crippen LogP contribution is 2.48. The molecule has 35 heavy (non-hydrogen) atoms. The van der Waals surface area contributed by atoms with Gasteiger partial charge >= 0.3 is 0 Å². The average molecular weight is 482 g/mol. The molecule has 0 radical (unpaired) electrons. The molecule has 0 spiro atoms. The van der Waals surface area contributed by atoms with E-state index >= 15 is 0 Å². The zero-order chi connectivity index (χ0) is 24.5. The summed E-state index contributed by atoms with van der Waals surface area (Å²) in [5.74, 6) is 0.138. The van der Waals surface area contributed by atoms with Crippen LogP contribution in [0.2, 0.25) is 0 Å². The minimum absolute atomic E-state index is 0.0732. The molecule has 0 aliphatic carbocycles. The monoisotopic (exact) mass is 481 g/mol. The van der Waals surface area contributed by atoms with Crippen LogP contribution in [0.5, 0.6) is 17.2 Å². The summed E-state index contributed by atoms with van der Waals surface area (Å²) in [6.45, 7) is 4.35. The van der Waals surface area contributed by atoms with Gasteiger partial charge in [-0.2, -0.15) is 0 Å². The Bertz CT molecular complexity index is 1250. The van der Waals surface area contributed by atoms with Gasteiger partial charge in [0.15, 0.2) is 0 Å². The fourth-order valence-electron chi connectivity index (χ4n) is 4.72. The second-order valence-electron chi connectivity index (χ2n) is 9.04. The van der Waals surface area contributed by atoms with Crippen LogP contribution in [0.3, 0.4) is 0 Å². The van der Waals surface area contributed by atoms with E-state index in [1.165, 1.54) is 18.2 Å². The zero-order valence-electron chi connectivity index (χ0n) is 19.3. The highest BCUT2D eigenvalue weighted by atomic mass is 19.1. The van der Waals surface area contributed by atoms with E-state index in [9.17, 15) is 18.3 Å². The molecule has 0 aromatic heterocycles. The van der Waals surface area contributed by atoms with Crippen LogP contribution >= 0.6 is 0 Å². The van der Waals surface area contributed by atoms with Crippen molar-refractivity contribution >= 4 is 11.1 Å². The number of phenols is 1. The molecule has 0 bridgehead atoms. The van der Waals surface area contributed by atoms with Crippen LogP contribution in [0.1, 0.15) is 29.7 Å². The van der Waals surface area contributed by atoms with Crippen molar-refractivity contribution in [2.45, 2.75) is 13.0 Å². The minimum atomic E-state index is -0.683. The summed E-state index contributed by atoms with van der Waals surface area (Å²) in [5, 5.41) is 9.98. The predicted molar refractivity (Wildman–Crippen MR) is 128 cm³/mol. The first-order valence-corrected chi connectivity index (χ1v) is 11.6. The Morgan fingerprint density at radius 3 is 2.49 bits per heavy atom. The third-order valence-corrected chi connectivity index (χ3v) is 6.61. The molecule has 1 N–H and O–H groups in total. The second-order valence-corrected chi connectivity index (χ2v) is 9.04. The van der Waals surface area contributed by atoms with Crippen LogP contribution in [-0.2, 0) is 0 Å². The topological polar surface area (TPSA) is 41.9 Å². The van der Waals surface area contributed by atoms with E-state index < -0.39 is 17.7 Å². The van der Waals surface area contributed by atoms with E-state index in [2.05, 4.69) is 4.90 Å². The van der Waals surface area contributed by atoms with Crippen molar-refractivity contribution in [3.05, 3.63) is 89.0 Å². The molecule has 3 aromatic rings. The number of allylic oxidation sites excluding steroid dienone is 1. The number of halogens is 3. The van der Waals surface area contributed by atoms with E-state index in [-0.39, 0.29) is 23.9 Å². The van der Waals surface area contributed by atoms with E-state index in [4.69, 9.17) is 9.47 Å². The van der Waals surface area contributed by atoms with Gasteiger partial charge in [0.1, 0.15) is 41.6 Å². The van der Waals surface area contributed by atoms with Gasteiger partial charge in [0.05, 0.1) is 6.67 Å². The SMILES string of the molecule is CC1=C(c2ccc(F)cc2F)[C@@H](c2ccc(OCCN3CC(CF)C3)cc2)Oc2ccc(O)cc21. The molecule has 7 heteroatoms. The molecule has 2 heterocycles. The average Bonchev–Trinajstić information content (AvgIpc) is 2.82. The third kappa shape index (κ3) is 4.73. The summed E-state index contributed by atoms with van der Waals surface area (Å²) in [6, 6.07) is 15.7. The first-order chi connectivity index (χ1) is 16.9. The number of aromatic hydroxyl groups is 1. The van der Waals surface area contributed by atoms with Crippen LogP contribution in [0, 0.1) is 17.6 Å². The van der Waals surface area contributed by atoms with Crippen molar-refractivity contribution in [1.82, 2.24) is 4.90 Å². The van der Waals surface area contributed by atoms with Gasteiger partial charge < -0.3 is 14.6 Å². The van der Waals surface area contributed by atoms with Gasteiger partial charge in [-0.25, -0.2) is 8.78 Å². The lowest BCUT2D eigenvalue weighted by molar-refractivity contribution is 0.0668. The van der Waals surface area contributed by atoms with Crippen molar-refractivity contribution in [2.75, 3.05) is 32.9 Å². The van der Waals surface area contributed by atoms with Crippen molar-refractivity contribution in [3.63, 3.8) is 0 Å². The molecule has 0 amide bonds. The fraction of sp³-hybridized carbons (Fsp3) is 0.286. The van der Waals surface area contributed by atoms with Gasteiger partial charge in [0.2, 0.25) is 0 Å². The van der Waals surface area contributed by atoms with E-state index in [1.54, 1.807) is 12.1 Å². The van der Waals surface area contributed by atoms with Gasteiger partial charge in [-0.1, -0.05) is 12.1 Å². The summed E-state index contributed by atoms with van der Waals surface area (Å²) < 4.78 is 53.2. The predicted octanol–water partition coefficient (Wildman–Crippen LogP) is 6.01. The molecular weight excluding hydrogens is 455 g/mol. The number of fused-ring (bicyclic) bond motifs is 1. The molecule has 2 aliphatic heterocycles. The van der Waals surface area contributed by atoms with E-state index in [1.807, 2.05) is 31.2 Å². The van der Waals surface area contributed by atoms with Crippen LogP contribution in [-0.4, -0.2) is 42.9 Å². The first kappa shape index (κ1) is 23.3. The lowest BCUT2D eigenvalue weighted by Gasteiger charge is -2.37. The van der Waals surface area contributed by atoms with Gasteiger partial charge in [-0.3, -0.25) is 9.29 Å². The van der Waals surface area contributed by atoms with Crippen molar-refractivity contribution in [2.24, 2.45) is 5.92 Å². The lowest BCUT2D eigenvalue weighted by Crippen LogP contribution is -2.49. The summed E-state index contributed by atoms with van der Waals surface area (Å²) >= 11 is 0. The van der Waals surface area contributed by atoms with Crippen molar-refractivity contribution in [3.8, 4) is 17.2 Å². The zero-order valence-corrected chi connectivity index (χ0v) is 19.3. The molecule has 0 saturated carbocycles. The van der Waals surface area contributed by atoms with Gasteiger partial charge in [0, 0.05) is 48.3 Å². The van der Waals surface area contributed by atoms with Gasteiger partial charge in [-0.05, 0) is 60.5 Å². The highest BCUT2D eigenvalue weighted by Gasteiger charge is 2.31. The quantitative estimate of drug-likeness (QED) is 0.449. The van der Waals surface area contributed by atoms with Crippen molar-refractivity contribution in [1.29, 1.82) is 0 Å². The molecule has 0 unspecified atom stereocenters. The van der Waals surface area contributed by atoms with Crippen LogP contribution < -0.4 is 9.47 Å². The maximum absolute atomic E-state index is 14.9. The highest BCUT2D eigenvalue weighted by molar-refractivity contribution is 5.95. The van der Waals surface area contributed by atoms with E-state index in [0.717, 1.165) is 36.8 Å².